The molecule has 2 heterocycles. The molecule has 12 rings (SSSR count). The number of fused-ring (bicyclic) bond motifs is 16. The second kappa shape index (κ2) is 13.2. The highest BCUT2D eigenvalue weighted by atomic mass is 15.1. The fourth-order valence-corrected chi connectivity index (χ4v) is 9.98. The third-order valence-corrected chi connectivity index (χ3v) is 12.8. The number of rotatable bonds is 3. The molecular formula is C57H41N3. The van der Waals surface area contributed by atoms with Gasteiger partial charge in [-0.25, -0.2) is 0 Å². The number of nitrogens with zero attached hydrogens (tertiary/aromatic N) is 3. The lowest BCUT2D eigenvalue weighted by Gasteiger charge is -2.29. The zero-order chi connectivity index (χ0) is 40.0. The summed E-state index contributed by atoms with van der Waals surface area (Å²) in [6.45, 7) is 4.71. The summed E-state index contributed by atoms with van der Waals surface area (Å²) >= 11 is 0. The normalized spacial score (nSPS) is 13.6. The molecule has 0 spiro atoms. The third kappa shape index (κ3) is 5.29. The highest BCUT2D eigenvalue weighted by molar-refractivity contribution is 6.10. The maximum atomic E-state index is 2.43. The van der Waals surface area contributed by atoms with Crippen molar-refractivity contribution in [1.29, 1.82) is 0 Å². The van der Waals surface area contributed by atoms with Crippen LogP contribution in [0.4, 0.5) is 34.1 Å². The molecule has 284 valence electrons. The smallest absolute Gasteiger partial charge is 0.0542 e. The summed E-state index contributed by atoms with van der Waals surface area (Å²) in [5, 5.41) is 2.45. The minimum atomic E-state index is -0.107. The molecule has 3 nitrogen and oxygen atoms in total. The number of aromatic nitrogens is 1. The molecule has 0 saturated heterocycles. The van der Waals surface area contributed by atoms with E-state index in [-0.39, 0.29) is 5.41 Å². The number of para-hydroxylation sites is 2. The molecule has 1 aliphatic carbocycles. The fourth-order valence-electron chi connectivity index (χ4n) is 9.98. The number of anilines is 6. The predicted octanol–water partition coefficient (Wildman–Crippen LogP) is 15.7. The SMILES string of the molecule is CC1(C)c2ccccc2-c2ccc(N3c4cccc(c4)-c4cccc(c4)N(c4ccc5c(c4)c4ccccc4n5-c4ccccc4)c4cccc(c4)-c4cccc3c4)cc21. The molecule has 1 aliphatic heterocycles. The Morgan fingerprint density at radius 3 is 1.37 bits per heavy atom. The molecule has 1 aromatic heterocycles. The summed E-state index contributed by atoms with van der Waals surface area (Å²) < 4.78 is 2.38. The molecule has 10 aromatic rings. The van der Waals surface area contributed by atoms with Crippen LogP contribution in [0.15, 0.2) is 212 Å². The number of benzene rings is 9. The van der Waals surface area contributed by atoms with E-state index in [1.807, 2.05) is 0 Å². The molecule has 0 atom stereocenters. The lowest BCUT2D eigenvalue weighted by Crippen LogP contribution is -2.16. The van der Waals surface area contributed by atoms with Crippen LogP contribution in [0.1, 0.15) is 25.0 Å². The van der Waals surface area contributed by atoms with Gasteiger partial charge >= 0.3 is 0 Å². The molecule has 2 aliphatic rings. The molecule has 0 saturated carbocycles. The second-order valence-corrected chi connectivity index (χ2v) is 16.7. The summed E-state index contributed by atoms with van der Waals surface area (Å²) in [6, 6.07) is 78.4. The van der Waals surface area contributed by atoms with Crippen LogP contribution in [0.25, 0.3) is 60.9 Å². The lowest BCUT2D eigenvalue weighted by molar-refractivity contribution is 0.660. The molecule has 3 heteroatoms. The van der Waals surface area contributed by atoms with Crippen LogP contribution in [-0.4, -0.2) is 4.57 Å². The van der Waals surface area contributed by atoms with Gasteiger partial charge in [0.25, 0.3) is 0 Å². The van der Waals surface area contributed by atoms with Crippen LogP contribution < -0.4 is 9.80 Å². The van der Waals surface area contributed by atoms with E-state index in [0.717, 1.165) is 62.1 Å². The van der Waals surface area contributed by atoms with E-state index in [9.17, 15) is 0 Å². The highest BCUT2D eigenvalue weighted by Gasteiger charge is 2.36. The van der Waals surface area contributed by atoms with Crippen molar-refractivity contribution in [2.75, 3.05) is 9.80 Å². The van der Waals surface area contributed by atoms with Crippen LogP contribution >= 0.6 is 0 Å². The van der Waals surface area contributed by atoms with E-state index in [2.05, 4.69) is 241 Å². The van der Waals surface area contributed by atoms with Gasteiger partial charge in [0.05, 0.1) is 11.0 Å². The van der Waals surface area contributed by atoms with Crippen LogP contribution in [0.5, 0.6) is 0 Å². The maximum Gasteiger partial charge on any atom is 0.0542 e. The Labute approximate surface area is 350 Å². The van der Waals surface area contributed by atoms with Gasteiger partial charge in [-0.2, -0.15) is 0 Å². The van der Waals surface area contributed by atoms with E-state index in [1.165, 1.54) is 44.1 Å². The van der Waals surface area contributed by atoms with Crippen LogP contribution in [-0.2, 0) is 5.41 Å². The molecule has 60 heavy (non-hydrogen) atoms. The van der Waals surface area contributed by atoms with Crippen molar-refractivity contribution in [3.05, 3.63) is 223 Å². The first kappa shape index (κ1) is 34.4. The van der Waals surface area contributed by atoms with E-state index >= 15 is 0 Å². The minimum Gasteiger partial charge on any atom is -0.310 e. The Bertz CT molecular complexity index is 3230. The van der Waals surface area contributed by atoms with Gasteiger partial charge in [0.15, 0.2) is 0 Å². The summed E-state index contributed by atoms with van der Waals surface area (Å²) in [6.07, 6.45) is 0. The Morgan fingerprint density at radius 2 is 0.750 bits per heavy atom. The topological polar surface area (TPSA) is 11.4 Å². The quantitative estimate of drug-likeness (QED) is 0.177. The fraction of sp³-hybridized carbons (Fsp3) is 0.0526. The van der Waals surface area contributed by atoms with Gasteiger partial charge in [-0.3, -0.25) is 0 Å². The second-order valence-electron chi connectivity index (χ2n) is 16.7. The molecule has 0 unspecified atom stereocenters. The van der Waals surface area contributed by atoms with Gasteiger partial charge in [0.1, 0.15) is 0 Å². The van der Waals surface area contributed by atoms with Crippen LogP contribution in [0.3, 0.4) is 0 Å². The first-order valence-corrected chi connectivity index (χ1v) is 20.8. The van der Waals surface area contributed by atoms with Crippen molar-refractivity contribution in [2.45, 2.75) is 19.3 Å². The zero-order valence-corrected chi connectivity index (χ0v) is 33.5. The minimum absolute atomic E-state index is 0.107. The van der Waals surface area contributed by atoms with Crippen molar-refractivity contribution >= 4 is 55.9 Å². The van der Waals surface area contributed by atoms with E-state index in [1.54, 1.807) is 0 Å². The van der Waals surface area contributed by atoms with Gasteiger partial charge in [-0.05, 0) is 142 Å². The lowest BCUT2D eigenvalue weighted by atomic mass is 9.82. The Balaban J connectivity index is 1.05. The van der Waals surface area contributed by atoms with Gasteiger partial charge in [0, 0.05) is 56.0 Å². The van der Waals surface area contributed by atoms with Crippen molar-refractivity contribution in [1.82, 2.24) is 4.57 Å². The largest absolute Gasteiger partial charge is 0.310 e. The van der Waals surface area contributed by atoms with E-state index in [4.69, 9.17) is 0 Å². The molecule has 9 aromatic carbocycles. The highest BCUT2D eigenvalue weighted by Crippen LogP contribution is 2.51. The molecule has 0 amide bonds. The Morgan fingerprint density at radius 1 is 0.300 bits per heavy atom. The first-order chi connectivity index (χ1) is 29.5. The van der Waals surface area contributed by atoms with E-state index in [0.29, 0.717) is 0 Å². The van der Waals surface area contributed by atoms with Crippen molar-refractivity contribution in [3.63, 3.8) is 0 Å². The maximum absolute atomic E-state index is 2.43. The molecule has 0 fully saturated rings. The number of hydrogen-bond acceptors (Lipinski definition) is 2. The molecule has 0 radical (unpaired) electrons. The third-order valence-electron chi connectivity index (χ3n) is 12.8. The standard InChI is InChI=1S/C57H41N3/c1-57(2)53-26-8-6-24-49(53)50-30-28-48(37-54(50)57)59-45-22-12-16-40(34-45)38-14-10-20-43(32-38)58(44-21-11-15-39(33-44)41-17-13-23-46(59)35-41)47-29-31-56-52(36-47)51-25-7-9-27-55(51)60(56)42-18-4-3-5-19-42/h3-37H,1-2H3. The van der Waals surface area contributed by atoms with Crippen molar-refractivity contribution in [2.24, 2.45) is 0 Å². The van der Waals surface area contributed by atoms with Gasteiger partial charge < -0.3 is 14.4 Å². The summed E-state index contributed by atoms with van der Waals surface area (Å²) in [4.78, 5) is 4.84. The van der Waals surface area contributed by atoms with Gasteiger partial charge in [0.2, 0.25) is 0 Å². The average molecular weight is 768 g/mol. The van der Waals surface area contributed by atoms with Crippen molar-refractivity contribution < 1.29 is 0 Å². The Hall–Kier alpha value is -7.62. The van der Waals surface area contributed by atoms with Crippen LogP contribution in [0.2, 0.25) is 0 Å². The molecule has 0 N–H and O–H groups in total. The monoisotopic (exact) mass is 767 g/mol. The van der Waals surface area contributed by atoms with Gasteiger partial charge in [-0.1, -0.05) is 129 Å². The summed E-state index contributed by atoms with van der Waals surface area (Å²) in [5.74, 6) is 0. The summed E-state index contributed by atoms with van der Waals surface area (Å²) in [7, 11) is 0. The van der Waals surface area contributed by atoms with Crippen LogP contribution in [0, 0.1) is 0 Å². The van der Waals surface area contributed by atoms with E-state index < -0.39 is 0 Å². The first-order valence-electron chi connectivity index (χ1n) is 20.8. The number of hydrogen-bond donors (Lipinski definition) is 0. The average Bonchev–Trinajstić information content (AvgIpc) is 3.75. The zero-order valence-electron chi connectivity index (χ0n) is 33.5. The molecule has 8 bridgehead atoms. The van der Waals surface area contributed by atoms with Gasteiger partial charge in [-0.15, -0.1) is 0 Å². The Kier molecular flexibility index (Phi) is 7.58. The summed E-state index contributed by atoms with van der Waals surface area (Å²) in [5.41, 5.74) is 20.2. The van der Waals surface area contributed by atoms with Crippen molar-refractivity contribution in [3.8, 4) is 39.1 Å². The molecular weight excluding hydrogens is 727 g/mol. The predicted molar refractivity (Wildman–Crippen MR) is 252 cm³/mol.